The van der Waals surface area contributed by atoms with E-state index in [9.17, 15) is 0 Å². The van der Waals surface area contributed by atoms with Crippen molar-refractivity contribution in [1.29, 1.82) is 0 Å². The van der Waals surface area contributed by atoms with Gasteiger partial charge >= 0.3 is 0 Å². The van der Waals surface area contributed by atoms with E-state index < -0.39 is 0 Å². The third kappa shape index (κ3) is 1.85. The van der Waals surface area contributed by atoms with Crippen molar-refractivity contribution in [2.24, 2.45) is 0 Å². The van der Waals surface area contributed by atoms with Gasteiger partial charge in [0.15, 0.2) is 0 Å². The van der Waals surface area contributed by atoms with E-state index in [0.29, 0.717) is 0 Å². The predicted octanol–water partition coefficient (Wildman–Crippen LogP) is 4.78. The van der Waals surface area contributed by atoms with Crippen LogP contribution in [0.4, 0.5) is 5.69 Å². The molecular weight excluding hydrogens is 254 g/mol. The molecule has 0 atom stereocenters. The van der Waals surface area contributed by atoms with Crippen LogP contribution >= 0.6 is 0 Å². The Morgan fingerprint density at radius 3 is 2.52 bits per heavy atom. The quantitative estimate of drug-likeness (QED) is 0.721. The Balaban J connectivity index is 2.05. The van der Waals surface area contributed by atoms with Gasteiger partial charge in [0.2, 0.25) is 0 Å². The molecule has 2 aromatic rings. The molecule has 1 aliphatic carbocycles. The smallest absolute Gasteiger partial charge is 0.0488 e. The van der Waals surface area contributed by atoms with Crippen molar-refractivity contribution in [3.63, 3.8) is 0 Å². The monoisotopic (exact) mass is 271 g/mol. The minimum absolute atomic E-state index is 0.995. The second-order valence-corrected chi connectivity index (χ2v) is 5.48. The fraction of sp³-hybridized carbons (Fsp3) is 0.100. The lowest BCUT2D eigenvalue weighted by Crippen LogP contribution is -2.24. The van der Waals surface area contributed by atoms with E-state index in [1.807, 2.05) is 0 Å². The molecule has 0 fully saturated rings. The van der Waals surface area contributed by atoms with Gasteiger partial charge in [0.1, 0.15) is 0 Å². The van der Waals surface area contributed by atoms with Crippen LogP contribution in [0.1, 0.15) is 17.5 Å². The second-order valence-electron chi connectivity index (χ2n) is 5.48. The Bertz CT molecular complexity index is 778. The standard InChI is InChI=1S/C20H17N/c1-21-18-13-7-5-11-16(18)20(15-9-3-2-4-10-15)17-12-6-8-14-19(17)21/h2-11,13-14H,12H2,1H3. The first-order chi connectivity index (χ1) is 10.4. The van der Waals surface area contributed by atoms with Gasteiger partial charge in [-0.3, -0.25) is 0 Å². The number of nitrogens with zero attached hydrogens (tertiary/aromatic N) is 1. The van der Waals surface area contributed by atoms with Crippen LogP contribution in [-0.4, -0.2) is 7.05 Å². The van der Waals surface area contributed by atoms with Crippen LogP contribution in [0, 0.1) is 0 Å². The molecule has 4 rings (SSSR count). The largest absolute Gasteiger partial charge is 0.344 e. The fourth-order valence-corrected chi connectivity index (χ4v) is 3.30. The Hall–Kier alpha value is -2.54. The molecule has 2 aliphatic rings. The summed E-state index contributed by atoms with van der Waals surface area (Å²) < 4.78 is 0. The number of para-hydroxylation sites is 1. The highest BCUT2D eigenvalue weighted by atomic mass is 15.1. The zero-order chi connectivity index (χ0) is 14.2. The van der Waals surface area contributed by atoms with Gasteiger partial charge < -0.3 is 4.90 Å². The summed E-state index contributed by atoms with van der Waals surface area (Å²) in [5.74, 6) is 0. The van der Waals surface area contributed by atoms with Crippen LogP contribution in [0.3, 0.4) is 0 Å². The van der Waals surface area contributed by atoms with Gasteiger partial charge in [-0.1, -0.05) is 60.7 Å². The van der Waals surface area contributed by atoms with Gasteiger partial charge in [-0.15, -0.1) is 0 Å². The summed E-state index contributed by atoms with van der Waals surface area (Å²) in [4.78, 5) is 2.31. The molecule has 0 unspecified atom stereocenters. The lowest BCUT2D eigenvalue weighted by molar-refractivity contribution is 1.03. The summed E-state index contributed by atoms with van der Waals surface area (Å²) in [5.41, 5.74) is 8.02. The topological polar surface area (TPSA) is 3.24 Å². The maximum absolute atomic E-state index is 2.31. The molecule has 1 nitrogen and oxygen atoms in total. The number of likely N-dealkylation sites (N-methyl/N-ethyl adjacent to an activating group) is 1. The molecule has 0 spiro atoms. The van der Waals surface area contributed by atoms with E-state index in [1.54, 1.807) is 0 Å². The molecule has 0 aromatic heterocycles. The van der Waals surface area contributed by atoms with Crippen LogP contribution in [0.5, 0.6) is 0 Å². The van der Waals surface area contributed by atoms with E-state index >= 15 is 0 Å². The molecule has 1 heteroatoms. The molecule has 21 heavy (non-hydrogen) atoms. The molecular formula is C20H17N. The van der Waals surface area contributed by atoms with E-state index in [4.69, 9.17) is 0 Å². The van der Waals surface area contributed by atoms with Gasteiger partial charge in [-0.2, -0.15) is 0 Å². The molecule has 0 amide bonds. The van der Waals surface area contributed by atoms with E-state index in [1.165, 1.54) is 33.7 Å². The molecule has 1 aliphatic heterocycles. The lowest BCUT2D eigenvalue weighted by atomic mass is 9.84. The number of benzene rings is 2. The highest BCUT2D eigenvalue weighted by Crippen LogP contribution is 2.44. The highest BCUT2D eigenvalue weighted by Gasteiger charge is 2.27. The molecule has 0 saturated heterocycles. The summed E-state index contributed by atoms with van der Waals surface area (Å²) in [6, 6.07) is 19.4. The number of hydrogen-bond donors (Lipinski definition) is 0. The molecule has 1 heterocycles. The maximum atomic E-state index is 2.31. The summed E-state index contributed by atoms with van der Waals surface area (Å²) in [6.07, 6.45) is 7.61. The van der Waals surface area contributed by atoms with Gasteiger partial charge in [0.05, 0.1) is 0 Å². The Labute approximate surface area is 125 Å². The first kappa shape index (κ1) is 12.2. The first-order valence-electron chi connectivity index (χ1n) is 7.35. The Morgan fingerprint density at radius 1 is 0.905 bits per heavy atom. The number of rotatable bonds is 1. The molecule has 0 saturated carbocycles. The SMILES string of the molecule is CN1C2=CC=CCC2=C(c2ccccc2)c2ccccc21. The van der Waals surface area contributed by atoms with Crippen LogP contribution < -0.4 is 4.90 Å². The summed E-state index contributed by atoms with van der Waals surface area (Å²) >= 11 is 0. The number of hydrogen-bond acceptors (Lipinski definition) is 1. The average Bonchev–Trinajstić information content (AvgIpc) is 2.56. The lowest BCUT2D eigenvalue weighted by Gasteiger charge is -2.35. The van der Waals surface area contributed by atoms with Crippen molar-refractivity contribution in [1.82, 2.24) is 0 Å². The number of fused-ring (bicyclic) bond motifs is 2. The highest BCUT2D eigenvalue weighted by molar-refractivity contribution is 5.94. The van der Waals surface area contributed by atoms with E-state index in [-0.39, 0.29) is 0 Å². The van der Waals surface area contributed by atoms with Crippen LogP contribution in [0.25, 0.3) is 5.57 Å². The maximum Gasteiger partial charge on any atom is 0.0488 e. The summed E-state index contributed by atoms with van der Waals surface area (Å²) in [5, 5.41) is 0. The van der Waals surface area contributed by atoms with Gasteiger partial charge in [0, 0.05) is 24.0 Å². The Kier molecular flexibility index (Phi) is 2.78. The summed E-state index contributed by atoms with van der Waals surface area (Å²) in [6.45, 7) is 0. The van der Waals surface area contributed by atoms with E-state index in [0.717, 1.165) is 6.42 Å². The second kappa shape index (κ2) is 4.78. The first-order valence-corrected chi connectivity index (χ1v) is 7.35. The predicted molar refractivity (Wildman–Crippen MR) is 89.1 cm³/mol. The van der Waals surface area contributed by atoms with Gasteiger partial charge in [0.25, 0.3) is 0 Å². The number of anilines is 1. The molecule has 0 bridgehead atoms. The van der Waals surface area contributed by atoms with Gasteiger partial charge in [-0.05, 0) is 35.3 Å². The third-order valence-corrected chi connectivity index (χ3v) is 4.28. The normalized spacial score (nSPS) is 16.4. The van der Waals surface area contributed by atoms with Crippen molar-refractivity contribution in [2.75, 3.05) is 11.9 Å². The zero-order valence-corrected chi connectivity index (χ0v) is 12.1. The average molecular weight is 271 g/mol. The molecule has 0 radical (unpaired) electrons. The molecule has 102 valence electrons. The van der Waals surface area contributed by atoms with Crippen LogP contribution in [0.2, 0.25) is 0 Å². The molecule has 0 N–H and O–H groups in total. The van der Waals surface area contributed by atoms with Crippen molar-refractivity contribution in [2.45, 2.75) is 6.42 Å². The van der Waals surface area contributed by atoms with Crippen molar-refractivity contribution in [3.8, 4) is 0 Å². The van der Waals surface area contributed by atoms with Gasteiger partial charge in [-0.25, -0.2) is 0 Å². The minimum atomic E-state index is 0.995. The number of allylic oxidation sites excluding steroid dienone is 4. The third-order valence-electron chi connectivity index (χ3n) is 4.28. The summed E-state index contributed by atoms with van der Waals surface area (Å²) in [7, 11) is 2.16. The van der Waals surface area contributed by atoms with Crippen molar-refractivity contribution < 1.29 is 0 Å². The Morgan fingerprint density at radius 2 is 1.67 bits per heavy atom. The fourth-order valence-electron chi connectivity index (χ4n) is 3.30. The minimum Gasteiger partial charge on any atom is -0.344 e. The van der Waals surface area contributed by atoms with E-state index in [2.05, 4.69) is 84.8 Å². The van der Waals surface area contributed by atoms with Crippen molar-refractivity contribution >= 4 is 11.3 Å². The molecule has 2 aromatic carbocycles. The zero-order valence-electron chi connectivity index (χ0n) is 12.1. The van der Waals surface area contributed by atoms with Crippen LogP contribution in [0.15, 0.2) is 84.1 Å². The van der Waals surface area contributed by atoms with Crippen molar-refractivity contribution in [3.05, 3.63) is 95.2 Å². The van der Waals surface area contributed by atoms with Crippen LogP contribution in [-0.2, 0) is 0 Å².